The molecule has 184 valence electrons. The van der Waals surface area contributed by atoms with E-state index >= 15 is 0 Å². The van der Waals surface area contributed by atoms with Crippen molar-refractivity contribution in [3.05, 3.63) is 101 Å². The fourth-order valence-electron chi connectivity index (χ4n) is 4.06. The van der Waals surface area contributed by atoms with E-state index in [1.165, 1.54) is 0 Å². The number of carbonyl (C=O) groups excluding carboxylic acids is 2. The molecule has 0 aromatic heterocycles. The number of rotatable bonds is 11. The second-order valence-electron chi connectivity index (χ2n) is 9.06. The first-order chi connectivity index (χ1) is 16.9. The van der Waals surface area contributed by atoms with Gasteiger partial charge in [-0.25, -0.2) is 0 Å². The lowest BCUT2D eigenvalue weighted by Crippen LogP contribution is -2.52. The molecule has 0 bridgehead atoms. The predicted octanol–water partition coefficient (Wildman–Crippen LogP) is 5.10. The van der Waals surface area contributed by atoms with Crippen molar-refractivity contribution in [1.82, 2.24) is 10.2 Å². The Morgan fingerprint density at radius 3 is 2.29 bits per heavy atom. The van der Waals surface area contributed by atoms with E-state index in [0.29, 0.717) is 13.0 Å². The summed E-state index contributed by atoms with van der Waals surface area (Å²) in [6, 6.07) is 24.9. The molecule has 3 rings (SSSR count). The van der Waals surface area contributed by atoms with Gasteiger partial charge in [0.25, 0.3) is 0 Å². The van der Waals surface area contributed by atoms with Crippen LogP contribution in [0.3, 0.4) is 0 Å². The van der Waals surface area contributed by atoms with E-state index in [0.717, 1.165) is 34.4 Å². The average Bonchev–Trinajstić information content (AvgIpc) is 2.86. The molecule has 0 fully saturated rings. The van der Waals surface area contributed by atoms with Crippen LogP contribution in [0.2, 0.25) is 0 Å². The minimum Gasteiger partial charge on any atom is -0.497 e. The second kappa shape index (κ2) is 12.7. The Morgan fingerprint density at radius 2 is 1.60 bits per heavy atom. The largest absolute Gasteiger partial charge is 0.497 e. The number of carbonyl (C=O) groups is 2. The fraction of sp³-hybridized carbons (Fsp3) is 0.333. The lowest BCUT2D eigenvalue weighted by molar-refractivity contribution is -0.141. The van der Waals surface area contributed by atoms with Crippen molar-refractivity contribution < 1.29 is 14.3 Å². The summed E-state index contributed by atoms with van der Waals surface area (Å²) in [4.78, 5) is 29.1. The van der Waals surface area contributed by atoms with E-state index in [1.807, 2.05) is 99.6 Å². The summed E-state index contributed by atoms with van der Waals surface area (Å²) in [5.74, 6) is 0.500. The number of aryl methyl sites for hydroxylation is 1. The summed E-state index contributed by atoms with van der Waals surface area (Å²) in [6.07, 6.45) is 1.48. The highest BCUT2D eigenvalue weighted by Crippen LogP contribution is 2.20. The standard InChI is InChI=1S/C30H36N2O3/c1-5-23(3)31-30(34)28(19-24-12-7-6-8-13-24)32(21-26-15-10-16-27(18-26)35-4)29(33)20-25-14-9-11-22(2)17-25/h6-18,23,28H,5,19-21H2,1-4H3,(H,31,34)/t23-,28+/m0/s1. The van der Waals surface area contributed by atoms with Crippen LogP contribution in [0.5, 0.6) is 5.75 Å². The molecular formula is C30H36N2O3. The maximum absolute atomic E-state index is 13.8. The monoisotopic (exact) mass is 472 g/mol. The predicted molar refractivity (Wildman–Crippen MR) is 140 cm³/mol. The Labute approximate surface area is 209 Å². The number of ether oxygens (including phenoxy) is 1. The van der Waals surface area contributed by atoms with Crippen LogP contribution in [0, 0.1) is 6.92 Å². The smallest absolute Gasteiger partial charge is 0.243 e. The Balaban J connectivity index is 1.98. The summed E-state index contributed by atoms with van der Waals surface area (Å²) in [5.41, 5.74) is 3.96. The van der Waals surface area contributed by atoms with Gasteiger partial charge in [-0.05, 0) is 49.1 Å². The van der Waals surface area contributed by atoms with Crippen LogP contribution < -0.4 is 10.1 Å². The van der Waals surface area contributed by atoms with E-state index in [9.17, 15) is 9.59 Å². The Bertz CT molecular complexity index is 1110. The molecule has 0 unspecified atom stereocenters. The van der Waals surface area contributed by atoms with Gasteiger partial charge in [0.1, 0.15) is 11.8 Å². The van der Waals surface area contributed by atoms with Crippen LogP contribution in [0.15, 0.2) is 78.9 Å². The fourth-order valence-corrected chi connectivity index (χ4v) is 4.06. The molecule has 0 saturated carbocycles. The lowest BCUT2D eigenvalue weighted by atomic mass is 10.0. The molecule has 1 N–H and O–H groups in total. The summed E-state index contributed by atoms with van der Waals surface area (Å²) >= 11 is 0. The van der Waals surface area contributed by atoms with Gasteiger partial charge < -0.3 is 15.0 Å². The lowest BCUT2D eigenvalue weighted by Gasteiger charge is -2.32. The zero-order valence-corrected chi connectivity index (χ0v) is 21.2. The highest BCUT2D eigenvalue weighted by Gasteiger charge is 2.31. The molecule has 35 heavy (non-hydrogen) atoms. The minimum atomic E-state index is -0.644. The van der Waals surface area contributed by atoms with Crippen molar-refractivity contribution in [3.8, 4) is 5.75 Å². The molecule has 3 aromatic rings. The molecule has 2 amide bonds. The van der Waals surface area contributed by atoms with E-state index in [-0.39, 0.29) is 24.3 Å². The highest BCUT2D eigenvalue weighted by atomic mass is 16.5. The van der Waals surface area contributed by atoms with Gasteiger partial charge in [0.15, 0.2) is 0 Å². The SMILES string of the molecule is CC[C@H](C)NC(=O)[C@@H](Cc1ccccc1)N(Cc1cccc(OC)c1)C(=O)Cc1cccc(C)c1. The summed E-state index contributed by atoms with van der Waals surface area (Å²) in [6.45, 7) is 6.35. The van der Waals surface area contributed by atoms with E-state index in [2.05, 4.69) is 5.32 Å². The van der Waals surface area contributed by atoms with Gasteiger partial charge in [-0.3, -0.25) is 9.59 Å². The van der Waals surface area contributed by atoms with Crippen LogP contribution in [0.4, 0.5) is 0 Å². The van der Waals surface area contributed by atoms with Gasteiger partial charge in [-0.2, -0.15) is 0 Å². The Kier molecular flexibility index (Phi) is 9.47. The first-order valence-electron chi connectivity index (χ1n) is 12.2. The first-order valence-corrected chi connectivity index (χ1v) is 12.2. The quantitative estimate of drug-likeness (QED) is 0.422. The average molecular weight is 473 g/mol. The molecule has 2 atom stereocenters. The molecular weight excluding hydrogens is 436 g/mol. The molecule has 0 radical (unpaired) electrons. The van der Waals surface area contributed by atoms with Crippen LogP contribution in [-0.2, 0) is 29.0 Å². The number of nitrogens with zero attached hydrogens (tertiary/aromatic N) is 1. The van der Waals surface area contributed by atoms with Crippen LogP contribution in [-0.4, -0.2) is 35.9 Å². The minimum absolute atomic E-state index is 0.0197. The Hall–Kier alpha value is -3.60. The van der Waals surface area contributed by atoms with Crippen molar-refractivity contribution in [1.29, 1.82) is 0 Å². The number of nitrogens with one attached hydrogen (secondary N) is 1. The molecule has 0 saturated heterocycles. The zero-order chi connectivity index (χ0) is 25.2. The number of methoxy groups -OCH3 is 1. The number of hydrogen-bond acceptors (Lipinski definition) is 3. The van der Waals surface area contributed by atoms with Crippen LogP contribution in [0.1, 0.15) is 42.5 Å². The number of amides is 2. The molecule has 5 heteroatoms. The highest BCUT2D eigenvalue weighted by molar-refractivity contribution is 5.89. The molecule has 3 aromatic carbocycles. The molecule has 5 nitrogen and oxygen atoms in total. The van der Waals surface area contributed by atoms with Crippen LogP contribution >= 0.6 is 0 Å². The molecule has 0 aliphatic rings. The van der Waals surface area contributed by atoms with Crippen molar-refractivity contribution in [2.75, 3.05) is 7.11 Å². The molecule has 0 spiro atoms. The summed E-state index contributed by atoms with van der Waals surface area (Å²) in [7, 11) is 1.62. The number of hydrogen-bond donors (Lipinski definition) is 1. The number of benzene rings is 3. The zero-order valence-electron chi connectivity index (χ0n) is 21.2. The van der Waals surface area contributed by atoms with Gasteiger partial charge in [0.2, 0.25) is 11.8 Å². The maximum Gasteiger partial charge on any atom is 0.243 e. The molecule has 0 aliphatic heterocycles. The second-order valence-corrected chi connectivity index (χ2v) is 9.06. The van der Waals surface area contributed by atoms with Crippen molar-refractivity contribution in [2.45, 2.75) is 58.7 Å². The normalized spacial score (nSPS) is 12.5. The maximum atomic E-state index is 13.8. The third-order valence-corrected chi connectivity index (χ3v) is 6.20. The Morgan fingerprint density at radius 1 is 0.914 bits per heavy atom. The van der Waals surface area contributed by atoms with Gasteiger partial charge in [-0.15, -0.1) is 0 Å². The molecule has 0 heterocycles. The topological polar surface area (TPSA) is 58.6 Å². The van der Waals surface area contributed by atoms with Gasteiger partial charge in [0, 0.05) is 19.0 Å². The summed E-state index contributed by atoms with van der Waals surface area (Å²) < 4.78 is 5.39. The van der Waals surface area contributed by atoms with Crippen LogP contribution in [0.25, 0.3) is 0 Å². The van der Waals surface area contributed by atoms with E-state index in [4.69, 9.17) is 4.74 Å². The third kappa shape index (κ3) is 7.71. The van der Waals surface area contributed by atoms with E-state index < -0.39 is 6.04 Å². The summed E-state index contributed by atoms with van der Waals surface area (Å²) in [5, 5.41) is 3.11. The van der Waals surface area contributed by atoms with Gasteiger partial charge in [-0.1, -0.05) is 79.2 Å². The molecule has 0 aliphatic carbocycles. The third-order valence-electron chi connectivity index (χ3n) is 6.20. The van der Waals surface area contributed by atoms with Gasteiger partial charge in [0.05, 0.1) is 13.5 Å². The van der Waals surface area contributed by atoms with Crippen molar-refractivity contribution >= 4 is 11.8 Å². The first kappa shape index (κ1) is 26.0. The van der Waals surface area contributed by atoms with Crippen molar-refractivity contribution in [3.63, 3.8) is 0 Å². The van der Waals surface area contributed by atoms with Gasteiger partial charge >= 0.3 is 0 Å². The van der Waals surface area contributed by atoms with E-state index in [1.54, 1.807) is 12.0 Å². The van der Waals surface area contributed by atoms with Crippen molar-refractivity contribution in [2.24, 2.45) is 0 Å².